The topological polar surface area (TPSA) is 45.7 Å². The Morgan fingerprint density at radius 2 is 2.13 bits per heavy atom. The molecule has 1 saturated carbocycles. The Labute approximate surface area is 141 Å². The summed E-state index contributed by atoms with van der Waals surface area (Å²) in [5, 5.41) is 3.41. The van der Waals surface area contributed by atoms with Crippen LogP contribution in [0.5, 0.6) is 0 Å². The highest BCUT2D eigenvalue weighted by Gasteiger charge is 2.51. The summed E-state index contributed by atoms with van der Waals surface area (Å²) in [7, 11) is 1.48. The maximum atomic E-state index is 11.7. The van der Waals surface area contributed by atoms with Crippen molar-refractivity contribution in [3.05, 3.63) is 16.6 Å². The number of hydrogen-bond donors (Lipinski definition) is 0. The van der Waals surface area contributed by atoms with Gasteiger partial charge >= 0.3 is 6.09 Å². The van der Waals surface area contributed by atoms with Gasteiger partial charge in [0, 0.05) is 36.6 Å². The predicted octanol–water partition coefficient (Wildman–Crippen LogP) is 2.94. The molecule has 1 aromatic rings. The number of carbonyl (C=O) groups excluding carboxylic acids is 1. The Morgan fingerprint density at radius 1 is 1.35 bits per heavy atom. The Kier molecular flexibility index (Phi) is 4.05. The Bertz CT molecular complexity index is 548. The quantitative estimate of drug-likeness (QED) is 0.834. The molecule has 4 rings (SSSR count). The van der Waals surface area contributed by atoms with Crippen molar-refractivity contribution in [3.8, 4) is 0 Å². The molecule has 1 aliphatic carbocycles. The van der Waals surface area contributed by atoms with Crippen LogP contribution in [0.25, 0.3) is 0 Å². The molecule has 1 aromatic heterocycles. The number of likely N-dealkylation sites (tertiary alicyclic amines) is 2. The number of hydrogen-bond acceptors (Lipinski definition) is 5. The number of ether oxygens (including phenoxy) is 1. The van der Waals surface area contributed by atoms with Gasteiger partial charge in [0.1, 0.15) is 0 Å². The molecule has 0 N–H and O–H groups in total. The summed E-state index contributed by atoms with van der Waals surface area (Å²) in [6.07, 6.45) is 7.90. The lowest BCUT2D eigenvalue weighted by Gasteiger charge is -2.51. The Hall–Kier alpha value is -1.14. The van der Waals surface area contributed by atoms with Crippen molar-refractivity contribution in [1.29, 1.82) is 0 Å². The molecule has 2 aliphatic heterocycles. The minimum absolute atomic E-state index is 0.158. The van der Waals surface area contributed by atoms with Gasteiger partial charge in [-0.2, -0.15) is 0 Å². The largest absolute Gasteiger partial charge is 0.453 e. The molecule has 6 heteroatoms. The second-order valence-corrected chi connectivity index (χ2v) is 8.31. The van der Waals surface area contributed by atoms with Gasteiger partial charge in [-0.05, 0) is 50.6 Å². The van der Waals surface area contributed by atoms with Gasteiger partial charge in [0.15, 0.2) is 0 Å². The summed E-state index contributed by atoms with van der Waals surface area (Å²) >= 11 is 1.80. The van der Waals surface area contributed by atoms with Crippen LogP contribution in [0.4, 0.5) is 4.79 Å². The van der Waals surface area contributed by atoms with E-state index in [1.165, 1.54) is 50.9 Å². The maximum Gasteiger partial charge on any atom is 0.409 e. The highest BCUT2D eigenvalue weighted by molar-refractivity contribution is 7.09. The average Bonchev–Trinajstić information content (AvgIpc) is 3.22. The van der Waals surface area contributed by atoms with Gasteiger partial charge in [0.25, 0.3) is 0 Å². The molecule has 0 aromatic carbocycles. The van der Waals surface area contributed by atoms with E-state index in [-0.39, 0.29) is 6.09 Å². The first-order valence-corrected chi connectivity index (χ1v) is 9.53. The number of rotatable bonds is 2. The fourth-order valence-corrected chi connectivity index (χ4v) is 5.51. The van der Waals surface area contributed by atoms with Crippen molar-refractivity contribution in [1.82, 2.24) is 14.8 Å². The fraction of sp³-hybridized carbons (Fsp3) is 0.765. The van der Waals surface area contributed by atoms with E-state index >= 15 is 0 Å². The van der Waals surface area contributed by atoms with Crippen LogP contribution in [0.2, 0.25) is 0 Å². The van der Waals surface area contributed by atoms with Crippen molar-refractivity contribution in [2.75, 3.05) is 33.3 Å². The van der Waals surface area contributed by atoms with Crippen molar-refractivity contribution >= 4 is 17.4 Å². The third kappa shape index (κ3) is 2.87. The van der Waals surface area contributed by atoms with Crippen molar-refractivity contribution < 1.29 is 9.53 Å². The molecule has 3 fully saturated rings. The van der Waals surface area contributed by atoms with Crippen LogP contribution in [0.3, 0.4) is 0 Å². The maximum absolute atomic E-state index is 11.7. The first-order chi connectivity index (χ1) is 11.2. The van der Waals surface area contributed by atoms with Gasteiger partial charge in [-0.25, -0.2) is 9.78 Å². The fourth-order valence-electron chi connectivity index (χ4n) is 4.70. The van der Waals surface area contributed by atoms with E-state index in [0.717, 1.165) is 25.6 Å². The van der Waals surface area contributed by atoms with E-state index in [2.05, 4.69) is 15.3 Å². The molecule has 0 unspecified atom stereocenters. The Balaban J connectivity index is 1.26. The SMILES string of the molecule is COC(=O)N1CCC2(CC(N3CCC(c4nccs4)CC3)C2)C1. The van der Waals surface area contributed by atoms with E-state index in [9.17, 15) is 4.79 Å². The molecule has 1 spiro atoms. The molecule has 2 saturated heterocycles. The average molecular weight is 335 g/mol. The summed E-state index contributed by atoms with van der Waals surface area (Å²) in [5.74, 6) is 0.668. The lowest BCUT2D eigenvalue weighted by Crippen LogP contribution is -2.54. The predicted molar refractivity (Wildman–Crippen MR) is 89.7 cm³/mol. The van der Waals surface area contributed by atoms with Gasteiger partial charge in [-0.15, -0.1) is 11.3 Å². The summed E-state index contributed by atoms with van der Waals surface area (Å²) in [6.45, 7) is 4.16. The molecule has 1 amide bonds. The van der Waals surface area contributed by atoms with Crippen LogP contribution in [-0.4, -0.2) is 60.2 Å². The van der Waals surface area contributed by atoms with Crippen LogP contribution < -0.4 is 0 Å². The number of piperidine rings is 1. The van der Waals surface area contributed by atoms with E-state index in [1.807, 2.05) is 11.1 Å². The monoisotopic (exact) mass is 335 g/mol. The number of amides is 1. The minimum atomic E-state index is -0.158. The van der Waals surface area contributed by atoms with E-state index < -0.39 is 0 Å². The number of thiazole rings is 1. The first kappa shape index (κ1) is 15.4. The van der Waals surface area contributed by atoms with E-state index in [0.29, 0.717) is 11.3 Å². The molecule has 126 valence electrons. The van der Waals surface area contributed by atoms with Crippen molar-refractivity contribution in [3.63, 3.8) is 0 Å². The number of nitrogens with zero attached hydrogens (tertiary/aromatic N) is 3. The number of methoxy groups -OCH3 is 1. The molecule has 5 nitrogen and oxygen atoms in total. The van der Waals surface area contributed by atoms with E-state index in [1.54, 1.807) is 11.3 Å². The smallest absolute Gasteiger partial charge is 0.409 e. The number of aromatic nitrogens is 1. The zero-order chi connectivity index (χ0) is 15.9. The molecular formula is C17H25N3O2S. The second kappa shape index (κ2) is 6.06. The van der Waals surface area contributed by atoms with Gasteiger partial charge < -0.3 is 14.5 Å². The second-order valence-electron chi connectivity index (χ2n) is 7.38. The summed E-state index contributed by atoms with van der Waals surface area (Å²) in [5.41, 5.74) is 0.380. The van der Waals surface area contributed by atoms with Gasteiger partial charge in [0.2, 0.25) is 0 Å². The van der Waals surface area contributed by atoms with Crippen LogP contribution in [0.1, 0.15) is 43.0 Å². The summed E-state index contributed by atoms with van der Waals surface area (Å²) in [6, 6.07) is 0.727. The van der Waals surface area contributed by atoms with Crippen LogP contribution in [0.15, 0.2) is 11.6 Å². The normalized spacial score (nSPS) is 32.2. The molecule has 0 atom stereocenters. The summed E-state index contributed by atoms with van der Waals surface area (Å²) in [4.78, 5) is 20.7. The minimum Gasteiger partial charge on any atom is -0.453 e. The van der Waals surface area contributed by atoms with Gasteiger partial charge in [-0.1, -0.05) is 0 Å². The van der Waals surface area contributed by atoms with E-state index in [4.69, 9.17) is 4.74 Å². The van der Waals surface area contributed by atoms with Crippen molar-refractivity contribution in [2.45, 2.75) is 44.1 Å². The van der Waals surface area contributed by atoms with Crippen LogP contribution >= 0.6 is 11.3 Å². The lowest BCUT2D eigenvalue weighted by molar-refractivity contribution is -0.00430. The highest BCUT2D eigenvalue weighted by atomic mass is 32.1. The van der Waals surface area contributed by atoms with Crippen LogP contribution in [-0.2, 0) is 4.74 Å². The zero-order valence-corrected chi connectivity index (χ0v) is 14.6. The van der Waals surface area contributed by atoms with Crippen molar-refractivity contribution in [2.24, 2.45) is 5.41 Å². The first-order valence-electron chi connectivity index (χ1n) is 8.65. The molecule has 23 heavy (non-hydrogen) atoms. The number of carbonyl (C=O) groups is 1. The van der Waals surface area contributed by atoms with Gasteiger partial charge in [0.05, 0.1) is 12.1 Å². The highest BCUT2D eigenvalue weighted by Crippen LogP contribution is 2.51. The molecule has 0 radical (unpaired) electrons. The molecule has 3 heterocycles. The zero-order valence-electron chi connectivity index (χ0n) is 13.7. The molecule has 3 aliphatic rings. The standard InChI is InChI=1S/C17H25N3O2S/c1-22-16(21)20-8-4-17(12-20)10-14(11-17)19-6-2-13(3-7-19)15-18-5-9-23-15/h5,9,13-14H,2-4,6-8,10-12H2,1H3. The summed E-state index contributed by atoms with van der Waals surface area (Å²) < 4.78 is 4.86. The molecule has 0 bridgehead atoms. The molecular weight excluding hydrogens is 310 g/mol. The van der Waals surface area contributed by atoms with Crippen LogP contribution in [0, 0.1) is 5.41 Å². The third-order valence-electron chi connectivity index (χ3n) is 6.06. The Morgan fingerprint density at radius 3 is 2.78 bits per heavy atom. The third-order valence-corrected chi connectivity index (χ3v) is 6.99. The lowest BCUT2D eigenvalue weighted by atomic mass is 9.64. The van der Waals surface area contributed by atoms with Gasteiger partial charge in [-0.3, -0.25) is 0 Å².